The third-order valence-electron chi connectivity index (χ3n) is 18.2. The molecule has 18 rings (SSSR count). The van der Waals surface area contributed by atoms with Crippen molar-refractivity contribution >= 4 is 99.5 Å². The number of furan rings is 2. The molecule has 2 heterocycles. The summed E-state index contributed by atoms with van der Waals surface area (Å²) in [6, 6.07) is 111. The topological polar surface area (TPSA) is 32.8 Å². The number of fused-ring (bicyclic) bond motifs is 20. The second-order valence-electron chi connectivity index (χ2n) is 22.6. The molecule has 0 radical (unpaired) electrons. The Morgan fingerprint density at radius 3 is 1.12 bits per heavy atom. The summed E-state index contributed by atoms with van der Waals surface area (Å²) in [6.45, 7) is 0. The first-order valence-corrected chi connectivity index (χ1v) is 29.2. The van der Waals surface area contributed by atoms with Gasteiger partial charge in [0.25, 0.3) is 0 Å². The highest BCUT2D eigenvalue weighted by atomic mass is 16.3. The molecular formula is C81H50N2O2. The lowest BCUT2D eigenvalue weighted by Gasteiger charge is -2.32. The predicted octanol–water partition coefficient (Wildman–Crippen LogP) is 22.4. The fourth-order valence-corrected chi connectivity index (χ4v) is 14.6. The van der Waals surface area contributed by atoms with Crippen molar-refractivity contribution in [2.24, 2.45) is 0 Å². The molecule has 0 atom stereocenters. The lowest BCUT2D eigenvalue weighted by atomic mass is 9.68. The zero-order chi connectivity index (χ0) is 55.7. The van der Waals surface area contributed by atoms with E-state index in [2.05, 4.69) is 301 Å². The maximum absolute atomic E-state index is 6.67. The molecule has 14 aromatic carbocycles. The van der Waals surface area contributed by atoms with Gasteiger partial charge in [-0.15, -0.1) is 0 Å². The van der Waals surface area contributed by atoms with Gasteiger partial charge in [-0.05, 0) is 173 Å². The number of anilines is 6. The highest BCUT2D eigenvalue weighted by Gasteiger charge is 2.53. The van der Waals surface area contributed by atoms with E-state index in [4.69, 9.17) is 8.83 Å². The summed E-state index contributed by atoms with van der Waals surface area (Å²) in [5.74, 6) is 0. The summed E-state index contributed by atoms with van der Waals surface area (Å²) in [5.41, 5.74) is 24.1. The van der Waals surface area contributed by atoms with Crippen molar-refractivity contribution in [2.75, 3.05) is 9.80 Å². The number of nitrogens with zero attached hydrogens (tertiary/aromatic N) is 2. The van der Waals surface area contributed by atoms with Crippen molar-refractivity contribution in [3.8, 4) is 44.5 Å². The smallest absolute Gasteiger partial charge is 0.159 e. The number of rotatable bonds is 8. The van der Waals surface area contributed by atoms with Crippen LogP contribution < -0.4 is 9.80 Å². The minimum Gasteiger partial charge on any atom is -0.454 e. The highest BCUT2D eigenvalue weighted by molar-refractivity contribution is 6.13. The molecule has 0 fully saturated rings. The summed E-state index contributed by atoms with van der Waals surface area (Å²) in [7, 11) is 0. The minimum absolute atomic E-state index is 0.582. The molecule has 85 heavy (non-hydrogen) atoms. The van der Waals surface area contributed by atoms with Crippen molar-refractivity contribution < 1.29 is 8.83 Å². The largest absolute Gasteiger partial charge is 0.454 e. The Hall–Kier alpha value is -11.2. The molecule has 396 valence electrons. The van der Waals surface area contributed by atoms with Gasteiger partial charge >= 0.3 is 0 Å². The molecule has 16 aromatic rings. The first-order chi connectivity index (χ1) is 42.2. The molecule has 0 amide bonds. The van der Waals surface area contributed by atoms with Crippen LogP contribution in [-0.4, -0.2) is 0 Å². The molecule has 1 spiro atoms. The zero-order valence-corrected chi connectivity index (χ0v) is 46.1. The van der Waals surface area contributed by atoms with Crippen LogP contribution in [0.2, 0.25) is 0 Å². The zero-order valence-electron chi connectivity index (χ0n) is 46.1. The van der Waals surface area contributed by atoms with Crippen LogP contribution >= 0.6 is 0 Å². The van der Waals surface area contributed by atoms with Crippen LogP contribution in [-0.2, 0) is 5.41 Å². The van der Waals surface area contributed by atoms with Gasteiger partial charge in [-0.3, -0.25) is 0 Å². The molecule has 2 aliphatic rings. The summed E-state index contributed by atoms with van der Waals surface area (Å²) >= 11 is 0. The number of para-hydroxylation sites is 6. The molecule has 0 aliphatic heterocycles. The van der Waals surface area contributed by atoms with Crippen LogP contribution in [0.3, 0.4) is 0 Å². The molecule has 0 saturated carbocycles. The van der Waals surface area contributed by atoms with Crippen LogP contribution in [0.15, 0.2) is 312 Å². The Labute approximate surface area is 490 Å². The van der Waals surface area contributed by atoms with Gasteiger partial charge in [-0.1, -0.05) is 218 Å². The second-order valence-corrected chi connectivity index (χ2v) is 22.6. The van der Waals surface area contributed by atoms with Gasteiger partial charge in [0.15, 0.2) is 11.2 Å². The lowest BCUT2D eigenvalue weighted by Crippen LogP contribution is -2.26. The Kier molecular flexibility index (Phi) is 10.3. The average Bonchev–Trinajstić information content (AvgIpc) is 1.71. The van der Waals surface area contributed by atoms with Crippen molar-refractivity contribution in [2.45, 2.75) is 5.41 Å². The van der Waals surface area contributed by atoms with E-state index in [0.717, 1.165) is 100 Å². The quantitative estimate of drug-likeness (QED) is 0.152. The second kappa shape index (κ2) is 18.4. The van der Waals surface area contributed by atoms with Gasteiger partial charge in [0, 0.05) is 44.3 Å². The third kappa shape index (κ3) is 6.97. The molecule has 0 unspecified atom stereocenters. The van der Waals surface area contributed by atoms with Gasteiger partial charge in [-0.25, -0.2) is 0 Å². The standard InChI is InChI=1S/C81H50N2O2/c1-3-21-57(22-4-1)82(73-35-17-31-69-65-29-9-13-37-75(65)84-79(69)73)59-25-15-19-51(49-59)53-39-43-61-55(47-53)41-45-67-68-46-42-56-48-54(40-44-62(56)78(68)81(77(61)67)71-33-11-7-27-63(71)64-28-8-12-34-72(64)81)52-20-16-26-60(50-52)83(58-23-5-2-6-24-58)74-36-18-32-70-66-30-10-14-38-76(66)85-80(70)74/h1-50H. The predicted molar refractivity (Wildman–Crippen MR) is 353 cm³/mol. The summed E-state index contributed by atoms with van der Waals surface area (Å²) in [5, 5.41) is 9.33. The summed E-state index contributed by atoms with van der Waals surface area (Å²) < 4.78 is 13.3. The molecule has 4 heteroatoms. The number of benzene rings is 14. The average molecular weight is 1080 g/mol. The number of hydrogen-bond acceptors (Lipinski definition) is 4. The van der Waals surface area contributed by atoms with Crippen LogP contribution in [0.1, 0.15) is 22.3 Å². The van der Waals surface area contributed by atoms with Gasteiger partial charge in [-0.2, -0.15) is 0 Å². The van der Waals surface area contributed by atoms with Crippen molar-refractivity contribution in [1.29, 1.82) is 0 Å². The molecule has 0 saturated heterocycles. The molecule has 0 bridgehead atoms. The Morgan fingerprint density at radius 2 is 0.635 bits per heavy atom. The van der Waals surface area contributed by atoms with E-state index >= 15 is 0 Å². The summed E-state index contributed by atoms with van der Waals surface area (Å²) in [4.78, 5) is 4.65. The van der Waals surface area contributed by atoms with Gasteiger partial charge in [0.1, 0.15) is 11.2 Å². The van der Waals surface area contributed by atoms with E-state index in [-0.39, 0.29) is 0 Å². The van der Waals surface area contributed by atoms with Crippen molar-refractivity contribution in [1.82, 2.24) is 0 Å². The van der Waals surface area contributed by atoms with E-state index in [0.29, 0.717) is 0 Å². The lowest BCUT2D eigenvalue weighted by molar-refractivity contribution is 0.668. The minimum atomic E-state index is -0.582. The molecule has 4 nitrogen and oxygen atoms in total. The van der Waals surface area contributed by atoms with Crippen LogP contribution in [0.25, 0.3) is 110 Å². The highest BCUT2D eigenvalue weighted by Crippen LogP contribution is 2.65. The van der Waals surface area contributed by atoms with E-state index < -0.39 is 5.41 Å². The first kappa shape index (κ1) is 47.4. The van der Waals surface area contributed by atoms with Gasteiger partial charge in [0.2, 0.25) is 0 Å². The van der Waals surface area contributed by atoms with E-state index in [1.807, 2.05) is 12.1 Å². The Bertz CT molecular complexity index is 5060. The van der Waals surface area contributed by atoms with E-state index in [1.54, 1.807) is 0 Å². The van der Waals surface area contributed by atoms with E-state index in [1.165, 1.54) is 66.1 Å². The van der Waals surface area contributed by atoms with Gasteiger partial charge in [0.05, 0.1) is 16.8 Å². The fraction of sp³-hybridized carbons (Fsp3) is 0.0123. The Morgan fingerprint density at radius 1 is 0.247 bits per heavy atom. The van der Waals surface area contributed by atoms with Gasteiger partial charge < -0.3 is 18.6 Å². The summed E-state index contributed by atoms with van der Waals surface area (Å²) in [6.07, 6.45) is 0. The SMILES string of the molecule is c1ccc(N(c2cccc(-c3ccc4c5c(ccc4c3)-c3ccc4cc(-c6cccc(N(c7ccccc7)c7cccc8c7oc7ccccc78)c6)ccc4c3C53c4ccccc4-c4ccccc43)c2)c2cccc3c2oc2ccccc23)cc1. The fourth-order valence-electron chi connectivity index (χ4n) is 14.6. The first-order valence-electron chi connectivity index (χ1n) is 29.2. The van der Waals surface area contributed by atoms with Crippen LogP contribution in [0.4, 0.5) is 34.1 Å². The molecular weight excluding hydrogens is 1030 g/mol. The molecule has 2 aromatic heterocycles. The van der Waals surface area contributed by atoms with Crippen molar-refractivity contribution in [3.63, 3.8) is 0 Å². The maximum atomic E-state index is 6.67. The Balaban J connectivity index is 0.778. The molecule has 2 aliphatic carbocycles. The normalized spacial score (nSPS) is 12.8. The van der Waals surface area contributed by atoms with E-state index in [9.17, 15) is 0 Å². The third-order valence-corrected chi connectivity index (χ3v) is 18.2. The number of hydrogen-bond donors (Lipinski definition) is 0. The monoisotopic (exact) mass is 1080 g/mol. The van der Waals surface area contributed by atoms with Crippen LogP contribution in [0, 0.1) is 0 Å². The van der Waals surface area contributed by atoms with Crippen LogP contribution in [0.5, 0.6) is 0 Å². The molecule has 0 N–H and O–H groups in total. The van der Waals surface area contributed by atoms with Crippen molar-refractivity contribution in [3.05, 3.63) is 326 Å². The maximum Gasteiger partial charge on any atom is 0.159 e.